The number of nitrogens with two attached hydrogens (primary N) is 1. The second kappa shape index (κ2) is 7.36. The van der Waals surface area contributed by atoms with E-state index in [2.05, 4.69) is 24.3 Å². The van der Waals surface area contributed by atoms with Crippen molar-refractivity contribution in [3.63, 3.8) is 0 Å². The van der Waals surface area contributed by atoms with Gasteiger partial charge in [-0.25, -0.2) is 13.6 Å². The third-order valence-electron chi connectivity index (χ3n) is 4.19. The Hall–Kier alpha value is -1.86. The van der Waals surface area contributed by atoms with Crippen molar-refractivity contribution in [3.05, 3.63) is 40.7 Å². The summed E-state index contributed by atoms with van der Waals surface area (Å²) in [6.07, 6.45) is 1.65. The number of benzene rings is 1. The van der Waals surface area contributed by atoms with Crippen LogP contribution in [0.25, 0.3) is 0 Å². The van der Waals surface area contributed by atoms with Crippen molar-refractivity contribution < 1.29 is 8.42 Å². The quantitative estimate of drug-likeness (QED) is 0.803. The van der Waals surface area contributed by atoms with Crippen LogP contribution in [0.5, 0.6) is 0 Å². The molecule has 7 heteroatoms. The molecule has 0 aliphatic carbocycles. The lowest BCUT2D eigenvalue weighted by Crippen LogP contribution is -2.15. The zero-order chi connectivity index (χ0) is 17.9. The Bertz CT molecular complexity index is 825. The first-order chi connectivity index (χ1) is 11.3. The summed E-state index contributed by atoms with van der Waals surface area (Å²) in [6.45, 7) is 9.57. The topological polar surface area (TPSA) is 90.0 Å². The van der Waals surface area contributed by atoms with Crippen LogP contribution in [0.2, 0.25) is 0 Å². The van der Waals surface area contributed by atoms with Crippen molar-refractivity contribution in [3.8, 4) is 0 Å². The van der Waals surface area contributed by atoms with Gasteiger partial charge in [-0.3, -0.25) is 4.68 Å². The summed E-state index contributed by atoms with van der Waals surface area (Å²) in [5.41, 5.74) is 4.73. The van der Waals surface area contributed by atoms with Crippen LogP contribution in [0.1, 0.15) is 42.8 Å². The number of primary sulfonamides is 1. The van der Waals surface area contributed by atoms with Gasteiger partial charge < -0.3 is 5.32 Å². The number of rotatable bonds is 7. The molecule has 0 saturated carbocycles. The fourth-order valence-corrected chi connectivity index (χ4v) is 3.70. The lowest BCUT2D eigenvalue weighted by molar-refractivity contribution is 0.582. The number of aryl methyl sites for hydroxylation is 3. The molecule has 132 valence electrons. The van der Waals surface area contributed by atoms with E-state index in [1.54, 1.807) is 6.07 Å². The van der Waals surface area contributed by atoms with Gasteiger partial charge in [-0.05, 0) is 44.4 Å². The van der Waals surface area contributed by atoms with Crippen molar-refractivity contribution in [1.29, 1.82) is 0 Å². The fourth-order valence-electron chi connectivity index (χ4n) is 2.83. The van der Waals surface area contributed by atoms with Gasteiger partial charge in [0.25, 0.3) is 0 Å². The van der Waals surface area contributed by atoms with Crippen molar-refractivity contribution in [2.24, 2.45) is 5.14 Å². The summed E-state index contributed by atoms with van der Waals surface area (Å²) in [6, 6.07) is 5.30. The maximum absolute atomic E-state index is 11.8. The van der Waals surface area contributed by atoms with Gasteiger partial charge in [0.15, 0.2) is 0 Å². The molecule has 0 saturated heterocycles. The number of nitrogens with zero attached hydrogens (tertiary/aromatic N) is 2. The van der Waals surface area contributed by atoms with Gasteiger partial charge in [0, 0.05) is 30.0 Å². The Morgan fingerprint density at radius 1 is 1.25 bits per heavy atom. The second-order valence-electron chi connectivity index (χ2n) is 5.95. The summed E-state index contributed by atoms with van der Waals surface area (Å²) < 4.78 is 25.5. The highest BCUT2D eigenvalue weighted by Gasteiger charge is 2.15. The van der Waals surface area contributed by atoms with E-state index in [0.29, 0.717) is 13.0 Å². The molecule has 2 rings (SSSR count). The Kier molecular flexibility index (Phi) is 5.66. The minimum Gasteiger partial charge on any atom is -0.381 e. The molecule has 0 bridgehead atoms. The maximum Gasteiger partial charge on any atom is 0.238 e. The summed E-state index contributed by atoms with van der Waals surface area (Å²) in [7, 11) is -3.73. The molecule has 1 heterocycles. The molecule has 0 radical (unpaired) electrons. The van der Waals surface area contributed by atoms with E-state index in [0.717, 1.165) is 41.2 Å². The van der Waals surface area contributed by atoms with Crippen molar-refractivity contribution in [2.45, 2.75) is 58.5 Å². The number of aromatic nitrogens is 2. The molecule has 3 N–H and O–H groups in total. The molecule has 0 atom stereocenters. The lowest BCUT2D eigenvalue weighted by atomic mass is 10.1. The third-order valence-corrected chi connectivity index (χ3v) is 5.18. The first-order valence-corrected chi connectivity index (χ1v) is 9.75. The zero-order valence-electron chi connectivity index (χ0n) is 14.8. The van der Waals surface area contributed by atoms with Gasteiger partial charge in [-0.2, -0.15) is 5.10 Å². The van der Waals surface area contributed by atoms with E-state index in [4.69, 9.17) is 5.14 Å². The summed E-state index contributed by atoms with van der Waals surface area (Å²) in [4.78, 5) is 0.185. The number of hydrogen-bond acceptors (Lipinski definition) is 4. The molecule has 2 aromatic rings. The van der Waals surface area contributed by atoms with Crippen LogP contribution in [-0.2, 0) is 29.5 Å². The highest BCUT2D eigenvalue weighted by atomic mass is 32.2. The van der Waals surface area contributed by atoms with Crippen LogP contribution in [0.4, 0.5) is 5.69 Å². The molecule has 24 heavy (non-hydrogen) atoms. The fraction of sp³-hybridized carbons (Fsp3) is 0.471. The smallest absolute Gasteiger partial charge is 0.238 e. The van der Waals surface area contributed by atoms with Gasteiger partial charge in [0.05, 0.1) is 10.6 Å². The van der Waals surface area contributed by atoms with E-state index < -0.39 is 10.0 Å². The average Bonchev–Trinajstić information content (AvgIpc) is 2.79. The lowest BCUT2D eigenvalue weighted by Gasteiger charge is -2.11. The van der Waals surface area contributed by atoms with Gasteiger partial charge >= 0.3 is 0 Å². The molecule has 1 aromatic carbocycles. The van der Waals surface area contributed by atoms with Crippen LogP contribution < -0.4 is 10.5 Å². The Morgan fingerprint density at radius 2 is 1.96 bits per heavy atom. The molecule has 0 spiro atoms. The predicted molar refractivity (Wildman–Crippen MR) is 96.5 cm³/mol. The first kappa shape index (κ1) is 18.5. The maximum atomic E-state index is 11.8. The van der Waals surface area contributed by atoms with E-state index in [1.807, 2.05) is 30.7 Å². The molecule has 0 unspecified atom stereocenters. The molecular formula is C17H26N4O2S. The number of nitrogens with one attached hydrogen (secondary N) is 1. The molecule has 0 aliphatic heterocycles. The minimum absolute atomic E-state index is 0.185. The standard InChI is InChI=1S/C17H26N4O2S/c1-5-9-21-13(4)16(12(3)20-21)11-19-15-8-7-14(6-2)17(10-15)24(18,22)23/h7-8,10,19H,5-6,9,11H2,1-4H3,(H2,18,22,23). The Labute approximate surface area is 144 Å². The van der Waals surface area contributed by atoms with Crippen LogP contribution in [0.15, 0.2) is 23.1 Å². The predicted octanol–water partition coefficient (Wildman–Crippen LogP) is 2.73. The molecule has 0 aliphatic rings. The molecular weight excluding hydrogens is 324 g/mol. The van der Waals surface area contributed by atoms with Gasteiger partial charge in [-0.1, -0.05) is 19.9 Å². The normalized spacial score (nSPS) is 11.7. The summed E-state index contributed by atoms with van der Waals surface area (Å²) >= 11 is 0. The first-order valence-electron chi connectivity index (χ1n) is 8.20. The molecule has 0 fully saturated rings. The highest BCUT2D eigenvalue weighted by Crippen LogP contribution is 2.22. The van der Waals surface area contributed by atoms with E-state index >= 15 is 0 Å². The number of hydrogen-bond donors (Lipinski definition) is 2. The number of sulfonamides is 1. The van der Waals surface area contributed by atoms with Crippen LogP contribution in [0.3, 0.4) is 0 Å². The Morgan fingerprint density at radius 3 is 2.54 bits per heavy atom. The van der Waals surface area contributed by atoms with Crippen molar-refractivity contribution in [2.75, 3.05) is 5.32 Å². The van der Waals surface area contributed by atoms with E-state index in [1.165, 1.54) is 0 Å². The van der Waals surface area contributed by atoms with Crippen LogP contribution >= 0.6 is 0 Å². The highest BCUT2D eigenvalue weighted by molar-refractivity contribution is 7.89. The third kappa shape index (κ3) is 3.96. The summed E-state index contributed by atoms with van der Waals surface area (Å²) in [5, 5.41) is 13.2. The minimum atomic E-state index is -3.73. The Balaban J connectivity index is 2.24. The summed E-state index contributed by atoms with van der Waals surface area (Å²) in [5.74, 6) is 0. The van der Waals surface area contributed by atoms with Gasteiger partial charge in [0.2, 0.25) is 10.0 Å². The van der Waals surface area contributed by atoms with E-state index in [-0.39, 0.29) is 4.90 Å². The van der Waals surface area contributed by atoms with E-state index in [9.17, 15) is 8.42 Å². The second-order valence-corrected chi connectivity index (χ2v) is 7.48. The van der Waals surface area contributed by atoms with Crippen molar-refractivity contribution >= 4 is 15.7 Å². The SMILES string of the molecule is CCCn1nc(C)c(CNc2ccc(CC)c(S(N)(=O)=O)c2)c1C. The number of anilines is 1. The molecule has 0 amide bonds. The monoisotopic (exact) mass is 350 g/mol. The van der Waals surface area contributed by atoms with Crippen molar-refractivity contribution in [1.82, 2.24) is 9.78 Å². The zero-order valence-corrected chi connectivity index (χ0v) is 15.6. The molecule has 6 nitrogen and oxygen atoms in total. The molecule has 1 aromatic heterocycles. The van der Waals surface area contributed by atoms with Crippen LogP contribution in [-0.4, -0.2) is 18.2 Å². The van der Waals surface area contributed by atoms with Crippen LogP contribution in [0, 0.1) is 13.8 Å². The largest absolute Gasteiger partial charge is 0.381 e. The van der Waals surface area contributed by atoms with Gasteiger partial charge in [0.1, 0.15) is 0 Å². The van der Waals surface area contributed by atoms with Gasteiger partial charge in [-0.15, -0.1) is 0 Å². The average molecular weight is 350 g/mol.